The van der Waals surface area contributed by atoms with Crippen molar-refractivity contribution in [2.45, 2.75) is 25.7 Å². The fourth-order valence-electron chi connectivity index (χ4n) is 2.35. The zero-order valence-corrected chi connectivity index (χ0v) is 10.5. The van der Waals surface area contributed by atoms with Crippen LogP contribution in [0.2, 0.25) is 0 Å². The first kappa shape index (κ1) is 12.5. The number of hydrogen-bond acceptors (Lipinski definition) is 2. The molecule has 1 heterocycles. The van der Waals surface area contributed by atoms with Gasteiger partial charge in [-0.1, -0.05) is 18.1 Å². The van der Waals surface area contributed by atoms with E-state index < -0.39 is 0 Å². The number of phenols is 1. The Morgan fingerprint density at radius 1 is 1.28 bits per heavy atom. The van der Waals surface area contributed by atoms with Crippen LogP contribution in [-0.4, -0.2) is 29.0 Å². The minimum absolute atomic E-state index is 0.0679. The van der Waals surface area contributed by atoms with Crippen LogP contribution in [0.3, 0.4) is 0 Å². The third-order valence-corrected chi connectivity index (χ3v) is 3.38. The number of nitrogens with zero attached hydrogens (tertiary/aromatic N) is 1. The van der Waals surface area contributed by atoms with E-state index >= 15 is 0 Å². The van der Waals surface area contributed by atoms with Crippen LogP contribution in [0, 0.1) is 11.8 Å². The molecule has 0 aliphatic carbocycles. The summed E-state index contributed by atoms with van der Waals surface area (Å²) < 4.78 is 0. The van der Waals surface area contributed by atoms with Gasteiger partial charge in [-0.25, -0.2) is 0 Å². The highest BCUT2D eigenvalue weighted by molar-refractivity contribution is 5.93. The Morgan fingerprint density at radius 2 is 1.89 bits per heavy atom. The van der Waals surface area contributed by atoms with E-state index in [0.717, 1.165) is 25.9 Å². The molecule has 1 aliphatic rings. The average Bonchev–Trinajstić information content (AvgIpc) is 2.40. The van der Waals surface area contributed by atoms with Crippen molar-refractivity contribution in [2.24, 2.45) is 0 Å². The lowest BCUT2D eigenvalue weighted by atomic mass is 9.89. The van der Waals surface area contributed by atoms with Crippen LogP contribution in [0.5, 0.6) is 5.75 Å². The second-order valence-electron chi connectivity index (χ2n) is 4.53. The van der Waals surface area contributed by atoms with Gasteiger partial charge in [0.1, 0.15) is 5.75 Å². The van der Waals surface area contributed by atoms with Crippen molar-refractivity contribution in [2.75, 3.05) is 13.1 Å². The van der Waals surface area contributed by atoms with Gasteiger partial charge in [-0.2, -0.15) is 0 Å². The predicted octanol–water partition coefficient (Wildman–Crippen LogP) is 2.12. The minimum Gasteiger partial charge on any atom is -0.508 e. The highest BCUT2D eigenvalue weighted by atomic mass is 16.3. The number of rotatable bonds is 1. The topological polar surface area (TPSA) is 40.5 Å². The fourth-order valence-corrected chi connectivity index (χ4v) is 2.35. The lowest BCUT2D eigenvalue weighted by Gasteiger charge is -2.31. The number of piperidine rings is 1. The Hall–Kier alpha value is -1.95. The zero-order valence-electron chi connectivity index (χ0n) is 10.5. The molecule has 18 heavy (non-hydrogen) atoms. The standard InChI is InChI=1S/C15H17NO2/c1-2-3-15(18)16-10-8-13(9-11-16)12-4-6-14(17)7-5-12/h4-7,13,17H,8-11H2,1H3. The summed E-state index contributed by atoms with van der Waals surface area (Å²) in [5.41, 5.74) is 1.24. The number of carbonyl (C=O) groups is 1. The van der Waals surface area contributed by atoms with Crippen molar-refractivity contribution < 1.29 is 9.90 Å². The highest BCUT2D eigenvalue weighted by Gasteiger charge is 2.22. The number of aromatic hydroxyl groups is 1. The van der Waals surface area contributed by atoms with Crippen molar-refractivity contribution in [1.82, 2.24) is 4.90 Å². The van der Waals surface area contributed by atoms with Gasteiger partial charge in [-0.3, -0.25) is 4.79 Å². The van der Waals surface area contributed by atoms with Gasteiger partial charge in [0.2, 0.25) is 0 Å². The van der Waals surface area contributed by atoms with Gasteiger partial charge in [0.15, 0.2) is 0 Å². The Bertz CT molecular complexity index is 473. The first-order valence-corrected chi connectivity index (χ1v) is 6.21. The van der Waals surface area contributed by atoms with Gasteiger partial charge in [0.25, 0.3) is 5.91 Å². The Labute approximate surface area is 107 Å². The quantitative estimate of drug-likeness (QED) is 0.767. The van der Waals surface area contributed by atoms with E-state index in [0.29, 0.717) is 11.7 Å². The summed E-state index contributed by atoms with van der Waals surface area (Å²) in [5.74, 6) is 5.93. The molecular formula is C15H17NO2. The maximum absolute atomic E-state index is 11.6. The number of amides is 1. The monoisotopic (exact) mass is 243 g/mol. The summed E-state index contributed by atoms with van der Waals surface area (Å²) in [6, 6.07) is 7.36. The smallest absolute Gasteiger partial charge is 0.298 e. The van der Waals surface area contributed by atoms with Crippen LogP contribution in [-0.2, 0) is 4.79 Å². The molecule has 0 atom stereocenters. The molecule has 1 aliphatic heterocycles. The molecule has 1 N–H and O–H groups in total. The summed E-state index contributed by atoms with van der Waals surface area (Å²) in [7, 11) is 0. The van der Waals surface area contributed by atoms with Crippen LogP contribution >= 0.6 is 0 Å². The molecule has 1 aromatic carbocycles. The second-order valence-corrected chi connectivity index (χ2v) is 4.53. The highest BCUT2D eigenvalue weighted by Crippen LogP contribution is 2.28. The lowest BCUT2D eigenvalue weighted by Crippen LogP contribution is -2.37. The molecule has 1 saturated heterocycles. The number of hydrogen-bond donors (Lipinski definition) is 1. The number of benzene rings is 1. The van der Waals surface area contributed by atoms with Crippen LogP contribution in [0.4, 0.5) is 0 Å². The molecule has 94 valence electrons. The number of carbonyl (C=O) groups excluding carboxylic acids is 1. The van der Waals surface area contributed by atoms with Crippen molar-refractivity contribution in [3.8, 4) is 17.6 Å². The summed E-state index contributed by atoms with van der Waals surface area (Å²) in [4.78, 5) is 13.4. The lowest BCUT2D eigenvalue weighted by molar-refractivity contribution is -0.126. The molecule has 0 radical (unpaired) electrons. The summed E-state index contributed by atoms with van der Waals surface area (Å²) in [6.45, 7) is 3.21. The van der Waals surface area contributed by atoms with E-state index in [-0.39, 0.29) is 5.91 Å². The van der Waals surface area contributed by atoms with Crippen molar-refractivity contribution >= 4 is 5.91 Å². The molecule has 1 aromatic rings. The van der Waals surface area contributed by atoms with Gasteiger partial charge >= 0.3 is 0 Å². The summed E-state index contributed by atoms with van der Waals surface area (Å²) in [5, 5.41) is 9.26. The number of phenolic OH excluding ortho intramolecular Hbond substituents is 1. The molecule has 3 nitrogen and oxygen atoms in total. The largest absolute Gasteiger partial charge is 0.508 e. The molecule has 0 spiro atoms. The minimum atomic E-state index is -0.0679. The van der Waals surface area contributed by atoms with E-state index in [1.165, 1.54) is 5.56 Å². The second kappa shape index (κ2) is 5.59. The molecular weight excluding hydrogens is 226 g/mol. The molecule has 0 unspecified atom stereocenters. The average molecular weight is 243 g/mol. The van der Waals surface area contributed by atoms with Gasteiger partial charge in [-0.05, 0) is 49.3 Å². The van der Waals surface area contributed by atoms with Gasteiger partial charge in [0.05, 0.1) is 0 Å². The van der Waals surface area contributed by atoms with Crippen LogP contribution in [0.25, 0.3) is 0 Å². The van der Waals surface area contributed by atoms with Crippen LogP contribution in [0.15, 0.2) is 24.3 Å². The molecule has 1 fully saturated rings. The fraction of sp³-hybridized carbons (Fsp3) is 0.400. The molecule has 1 amide bonds. The van der Waals surface area contributed by atoms with Crippen molar-refractivity contribution in [1.29, 1.82) is 0 Å². The SMILES string of the molecule is CC#CC(=O)N1CCC(c2ccc(O)cc2)CC1. The van der Waals surface area contributed by atoms with E-state index in [4.69, 9.17) is 0 Å². The zero-order chi connectivity index (χ0) is 13.0. The molecule has 0 saturated carbocycles. The maximum atomic E-state index is 11.6. The first-order valence-electron chi connectivity index (χ1n) is 6.21. The van der Waals surface area contributed by atoms with E-state index in [1.54, 1.807) is 19.1 Å². The van der Waals surface area contributed by atoms with Gasteiger partial charge < -0.3 is 10.0 Å². The van der Waals surface area contributed by atoms with Gasteiger partial charge in [-0.15, -0.1) is 0 Å². The Kier molecular flexibility index (Phi) is 3.88. The van der Waals surface area contributed by atoms with Crippen LogP contribution < -0.4 is 0 Å². The van der Waals surface area contributed by atoms with Crippen LogP contribution in [0.1, 0.15) is 31.2 Å². The third-order valence-electron chi connectivity index (χ3n) is 3.38. The Balaban J connectivity index is 1.95. The van der Waals surface area contributed by atoms with Gasteiger partial charge in [0, 0.05) is 13.1 Å². The summed E-state index contributed by atoms with van der Waals surface area (Å²) in [6.07, 6.45) is 1.92. The molecule has 3 heteroatoms. The molecule has 0 aromatic heterocycles. The summed E-state index contributed by atoms with van der Waals surface area (Å²) >= 11 is 0. The first-order chi connectivity index (χ1) is 8.70. The molecule has 0 bridgehead atoms. The van der Waals surface area contributed by atoms with E-state index in [2.05, 4.69) is 11.8 Å². The van der Waals surface area contributed by atoms with E-state index in [9.17, 15) is 9.90 Å². The molecule has 2 rings (SSSR count). The van der Waals surface area contributed by atoms with Crippen molar-refractivity contribution in [3.05, 3.63) is 29.8 Å². The number of likely N-dealkylation sites (tertiary alicyclic amines) is 1. The normalized spacial score (nSPS) is 15.9. The maximum Gasteiger partial charge on any atom is 0.298 e. The van der Waals surface area contributed by atoms with Crippen molar-refractivity contribution in [3.63, 3.8) is 0 Å². The third kappa shape index (κ3) is 2.84. The Morgan fingerprint density at radius 3 is 2.44 bits per heavy atom. The predicted molar refractivity (Wildman–Crippen MR) is 70.1 cm³/mol. The van der Waals surface area contributed by atoms with E-state index in [1.807, 2.05) is 17.0 Å².